The number of urea groups is 1. The summed E-state index contributed by atoms with van der Waals surface area (Å²) in [5, 5.41) is 10.6. The Bertz CT molecular complexity index is 1530. The number of ether oxygens (including phenoxy) is 2. The molecule has 2 aromatic rings. The van der Waals surface area contributed by atoms with Crippen molar-refractivity contribution in [2.24, 2.45) is 34.8 Å². The summed E-state index contributed by atoms with van der Waals surface area (Å²) in [6.07, 6.45) is 2.15. The van der Waals surface area contributed by atoms with E-state index in [-0.39, 0.29) is 30.1 Å². The molecule has 3 fully saturated rings. The minimum absolute atomic E-state index is 0.111. The second-order valence-electron chi connectivity index (χ2n) is 11.1. The number of rotatable bonds is 4. The quantitative estimate of drug-likeness (QED) is 0.428. The molecule has 2 aliphatic carbocycles. The smallest absolute Gasteiger partial charge is 0.328 e. The number of primary amides is 1. The molecule has 4 aliphatic rings. The second-order valence-corrected chi connectivity index (χ2v) is 11.1. The maximum atomic E-state index is 14.4. The minimum atomic E-state index is -1.29. The van der Waals surface area contributed by atoms with Crippen LogP contribution >= 0.6 is 0 Å². The summed E-state index contributed by atoms with van der Waals surface area (Å²) in [5.41, 5.74) is 5.79. The number of hydrogen-bond donors (Lipinski definition) is 2. The SMILES string of the molecule is COc1cc([C@H]2C3=CC[C@@H]4C(=O)N(C(N)=O)C(=O)[C@@H]4[C@@H]3C[C@H]3C(=O)N(c4ccccc4)C(=O)[C@@]23C)cc(OC)c1O. The summed E-state index contributed by atoms with van der Waals surface area (Å²) in [7, 11) is 2.78. The lowest BCUT2D eigenvalue weighted by Crippen LogP contribution is -2.49. The highest BCUT2D eigenvalue weighted by Gasteiger charge is 2.68. The Morgan fingerprint density at radius 3 is 2.20 bits per heavy atom. The molecular weight excluding hydrogens is 530 g/mol. The Balaban J connectivity index is 1.57. The van der Waals surface area contributed by atoms with Crippen LogP contribution in [0.25, 0.3) is 0 Å². The van der Waals surface area contributed by atoms with Crippen molar-refractivity contribution >= 4 is 35.3 Å². The first-order valence-electron chi connectivity index (χ1n) is 13.3. The fourth-order valence-electron chi connectivity index (χ4n) is 7.52. The third kappa shape index (κ3) is 3.47. The van der Waals surface area contributed by atoms with Gasteiger partial charge < -0.3 is 20.3 Å². The molecular formula is C30H29N3O8. The highest BCUT2D eigenvalue weighted by molar-refractivity contribution is 6.24. The van der Waals surface area contributed by atoms with E-state index in [1.54, 1.807) is 49.4 Å². The zero-order chi connectivity index (χ0) is 29.4. The summed E-state index contributed by atoms with van der Waals surface area (Å²) < 4.78 is 10.8. The van der Waals surface area contributed by atoms with Gasteiger partial charge in [-0.25, -0.2) is 9.69 Å². The van der Waals surface area contributed by atoms with Crippen molar-refractivity contribution in [3.63, 3.8) is 0 Å². The van der Waals surface area contributed by atoms with Crippen molar-refractivity contribution in [1.29, 1.82) is 0 Å². The Hall–Kier alpha value is -4.67. The number of allylic oxidation sites excluding steroid dienone is 2. The Morgan fingerprint density at radius 1 is 0.976 bits per heavy atom. The molecule has 6 rings (SSSR count). The van der Waals surface area contributed by atoms with E-state index >= 15 is 0 Å². The van der Waals surface area contributed by atoms with Gasteiger partial charge >= 0.3 is 6.03 Å². The van der Waals surface area contributed by atoms with Gasteiger partial charge in [0.1, 0.15) is 0 Å². The first-order valence-corrected chi connectivity index (χ1v) is 13.3. The molecule has 2 saturated heterocycles. The van der Waals surface area contributed by atoms with E-state index < -0.39 is 64.7 Å². The van der Waals surface area contributed by atoms with Crippen LogP contribution in [0, 0.1) is 29.1 Å². The summed E-state index contributed by atoms with van der Waals surface area (Å²) >= 11 is 0. The van der Waals surface area contributed by atoms with Gasteiger partial charge in [-0.15, -0.1) is 0 Å². The molecule has 0 radical (unpaired) electrons. The van der Waals surface area contributed by atoms with E-state index in [1.807, 2.05) is 6.08 Å². The number of carbonyl (C=O) groups excluding carboxylic acids is 5. The average Bonchev–Trinajstić information content (AvgIpc) is 3.33. The summed E-state index contributed by atoms with van der Waals surface area (Å²) in [5.74, 6) is -6.06. The number of methoxy groups -OCH3 is 2. The Morgan fingerprint density at radius 2 is 1.61 bits per heavy atom. The number of nitrogens with two attached hydrogens (primary N) is 1. The Labute approximate surface area is 235 Å². The van der Waals surface area contributed by atoms with Crippen LogP contribution < -0.4 is 20.1 Å². The van der Waals surface area contributed by atoms with E-state index in [4.69, 9.17) is 15.2 Å². The number of phenolic OH excluding ortho intramolecular Hbond substituents is 1. The number of aromatic hydroxyl groups is 1. The number of carbonyl (C=O) groups is 5. The van der Waals surface area contributed by atoms with Crippen LogP contribution in [-0.4, -0.2) is 53.9 Å². The fraction of sp³-hybridized carbons (Fsp3) is 0.367. The minimum Gasteiger partial charge on any atom is -0.502 e. The average molecular weight is 560 g/mol. The molecule has 2 heterocycles. The first kappa shape index (κ1) is 26.5. The highest BCUT2D eigenvalue weighted by Crippen LogP contribution is 2.64. The van der Waals surface area contributed by atoms with Gasteiger partial charge in [-0.2, -0.15) is 4.90 Å². The summed E-state index contributed by atoms with van der Waals surface area (Å²) in [4.78, 5) is 68.7. The normalized spacial score (nSPS) is 30.5. The summed E-state index contributed by atoms with van der Waals surface area (Å²) in [6, 6.07) is 10.7. The van der Waals surface area contributed by atoms with Crippen LogP contribution in [-0.2, 0) is 19.2 Å². The molecule has 1 saturated carbocycles. The van der Waals surface area contributed by atoms with E-state index in [9.17, 15) is 29.1 Å². The Kier molecular flexibility index (Phi) is 5.95. The molecule has 6 atom stereocenters. The first-order chi connectivity index (χ1) is 19.6. The van der Waals surface area contributed by atoms with Crippen molar-refractivity contribution in [3.8, 4) is 17.2 Å². The molecule has 3 N–H and O–H groups in total. The fourth-order valence-corrected chi connectivity index (χ4v) is 7.52. The topological polar surface area (TPSA) is 157 Å². The van der Waals surface area contributed by atoms with Gasteiger partial charge in [-0.1, -0.05) is 29.8 Å². The van der Waals surface area contributed by atoms with Crippen molar-refractivity contribution in [2.75, 3.05) is 19.1 Å². The van der Waals surface area contributed by atoms with Gasteiger partial charge in [-0.3, -0.25) is 19.2 Å². The number of anilines is 1. The molecule has 6 amide bonds. The number of nitrogens with zero attached hydrogens (tertiary/aromatic N) is 2. The third-order valence-electron chi connectivity index (χ3n) is 9.34. The van der Waals surface area contributed by atoms with E-state index in [2.05, 4.69) is 0 Å². The van der Waals surface area contributed by atoms with Crippen molar-refractivity contribution in [2.45, 2.75) is 25.7 Å². The lowest BCUT2D eigenvalue weighted by molar-refractivity contribution is -0.136. The van der Waals surface area contributed by atoms with E-state index in [0.717, 1.165) is 0 Å². The number of benzene rings is 2. The summed E-state index contributed by atoms with van der Waals surface area (Å²) in [6.45, 7) is 1.75. The predicted molar refractivity (Wildman–Crippen MR) is 144 cm³/mol. The number of phenols is 1. The predicted octanol–water partition coefficient (Wildman–Crippen LogP) is 2.72. The van der Waals surface area contributed by atoms with Crippen LogP contribution in [0.2, 0.25) is 0 Å². The maximum absolute atomic E-state index is 14.4. The van der Waals surface area contributed by atoms with Crippen LogP contribution in [0.5, 0.6) is 17.2 Å². The zero-order valence-electron chi connectivity index (χ0n) is 22.7. The van der Waals surface area contributed by atoms with E-state index in [1.165, 1.54) is 19.1 Å². The maximum Gasteiger partial charge on any atom is 0.328 e. The number of amides is 6. The molecule has 0 aromatic heterocycles. The molecule has 2 aromatic carbocycles. The second kappa shape index (κ2) is 9.18. The molecule has 11 heteroatoms. The van der Waals surface area contributed by atoms with Crippen LogP contribution in [0.3, 0.4) is 0 Å². The lowest BCUT2D eigenvalue weighted by atomic mass is 9.51. The number of hydrogen-bond acceptors (Lipinski definition) is 8. The number of likely N-dealkylation sites (tertiary alicyclic amines) is 1. The number of para-hydroxylation sites is 1. The van der Waals surface area contributed by atoms with Gasteiger partial charge in [-0.05, 0) is 55.5 Å². The monoisotopic (exact) mass is 559 g/mol. The van der Waals surface area contributed by atoms with Crippen molar-refractivity contribution < 1.29 is 38.6 Å². The molecule has 2 aliphatic heterocycles. The molecule has 0 spiro atoms. The van der Waals surface area contributed by atoms with Crippen LogP contribution in [0.4, 0.5) is 10.5 Å². The molecule has 0 unspecified atom stereocenters. The van der Waals surface area contributed by atoms with E-state index in [0.29, 0.717) is 21.7 Å². The third-order valence-corrected chi connectivity index (χ3v) is 9.34. The van der Waals surface area contributed by atoms with Crippen molar-refractivity contribution in [1.82, 2.24) is 4.90 Å². The standard InChI is InChI=1S/C30H29N3O8/c1-30-19(26(36)32(28(30)38)15-7-5-4-6-8-15)13-18-16(9-10-17-22(18)27(37)33(25(17)35)29(31)39)23(30)14-11-20(40-2)24(34)21(12-14)41-3/h4-9,11-12,17-19,22-23,34H,10,13H2,1-3H3,(H2,31,39)/t17-,18+,19-,22-,23-,30+/m0/s1. The van der Waals surface area contributed by atoms with Crippen molar-refractivity contribution in [3.05, 3.63) is 59.7 Å². The number of fused-ring (bicyclic) bond motifs is 4. The molecule has 41 heavy (non-hydrogen) atoms. The number of imide groups is 4. The van der Waals surface area contributed by atoms with Gasteiger partial charge in [0.05, 0.1) is 43.1 Å². The zero-order valence-corrected chi connectivity index (χ0v) is 22.7. The van der Waals surface area contributed by atoms with Crippen LogP contribution in [0.15, 0.2) is 54.1 Å². The van der Waals surface area contributed by atoms with Crippen LogP contribution in [0.1, 0.15) is 31.2 Å². The van der Waals surface area contributed by atoms with Gasteiger partial charge in [0.25, 0.3) is 0 Å². The molecule has 11 nitrogen and oxygen atoms in total. The van der Waals surface area contributed by atoms with Gasteiger partial charge in [0.2, 0.25) is 29.4 Å². The largest absolute Gasteiger partial charge is 0.502 e. The van der Waals surface area contributed by atoms with Gasteiger partial charge in [0, 0.05) is 5.92 Å². The van der Waals surface area contributed by atoms with Gasteiger partial charge in [0.15, 0.2) is 11.5 Å². The lowest BCUT2D eigenvalue weighted by Gasteiger charge is -2.49. The molecule has 212 valence electrons. The highest BCUT2D eigenvalue weighted by atomic mass is 16.5. The molecule has 0 bridgehead atoms.